The molecule has 1 aromatic heterocycles. The Balaban J connectivity index is 2.18. The van der Waals surface area contributed by atoms with Crippen LogP contribution in [0.1, 0.15) is 10.5 Å². The van der Waals surface area contributed by atoms with E-state index >= 15 is 0 Å². The highest BCUT2D eigenvalue weighted by Crippen LogP contribution is 2.28. The quantitative estimate of drug-likeness (QED) is 0.868. The molecule has 112 valence electrons. The maximum absolute atomic E-state index is 12.4. The Morgan fingerprint density at radius 2 is 2.14 bits per heavy atom. The molecule has 0 fully saturated rings. The molecular weight excluding hydrogens is 336 g/mol. The van der Waals surface area contributed by atoms with Crippen LogP contribution in [0.5, 0.6) is 5.75 Å². The molecule has 0 saturated carbocycles. The third-order valence-corrected chi connectivity index (χ3v) is 3.50. The molecule has 6 heteroatoms. The predicted octanol–water partition coefficient (Wildman–Crippen LogP) is 3.16. The van der Waals surface area contributed by atoms with E-state index in [0.717, 1.165) is 4.47 Å². The van der Waals surface area contributed by atoms with Crippen LogP contribution >= 0.6 is 15.9 Å². The van der Waals surface area contributed by atoms with E-state index in [2.05, 4.69) is 21.2 Å². The number of rotatable bonds is 6. The fourth-order valence-corrected chi connectivity index (χ4v) is 2.33. The summed E-state index contributed by atoms with van der Waals surface area (Å²) in [5.41, 5.74) is 1.20. The number of methoxy groups -OCH3 is 2. The van der Waals surface area contributed by atoms with Crippen molar-refractivity contribution in [1.82, 2.24) is 4.57 Å². The number of ether oxygens (including phenoxy) is 2. The van der Waals surface area contributed by atoms with Crippen molar-refractivity contribution in [2.45, 2.75) is 6.54 Å². The topological polar surface area (TPSA) is 52.5 Å². The van der Waals surface area contributed by atoms with E-state index in [9.17, 15) is 4.79 Å². The van der Waals surface area contributed by atoms with Gasteiger partial charge in [-0.05, 0) is 30.3 Å². The van der Waals surface area contributed by atoms with Crippen molar-refractivity contribution in [2.24, 2.45) is 0 Å². The standard InChI is InChI=1S/C15H17BrN2O3/c1-20-9-8-18-7-3-4-13(18)15(19)17-12-10-11(16)5-6-14(12)21-2/h3-7,10H,8-9H2,1-2H3,(H,17,19). The summed E-state index contributed by atoms with van der Waals surface area (Å²) < 4.78 is 13.0. The van der Waals surface area contributed by atoms with Gasteiger partial charge in [-0.25, -0.2) is 0 Å². The first kappa shape index (κ1) is 15.6. The van der Waals surface area contributed by atoms with E-state index in [0.29, 0.717) is 30.3 Å². The van der Waals surface area contributed by atoms with Crippen molar-refractivity contribution in [1.29, 1.82) is 0 Å². The highest BCUT2D eigenvalue weighted by atomic mass is 79.9. The second-order valence-corrected chi connectivity index (χ2v) is 5.29. The highest BCUT2D eigenvalue weighted by Gasteiger charge is 2.13. The Kier molecular flexibility index (Phi) is 5.41. The van der Waals surface area contributed by atoms with E-state index in [-0.39, 0.29) is 5.91 Å². The normalized spacial score (nSPS) is 10.4. The van der Waals surface area contributed by atoms with Gasteiger partial charge in [0.1, 0.15) is 11.4 Å². The Morgan fingerprint density at radius 3 is 2.86 bits per heavy atom. The maximum atomic E-state index is 12.4. The average molecular weight is 353 g/mol. The van der Waals surface area contributed by atoms with Gasteiger partial charge in [0.15, 0.2) is 0 Å². The van der Waals surface area contributed by atoms with Gasteiger partial charge in [-0.1, -0.05) is 15.9 Å². The Morgan fingerprint density at radius 1 is 1.33 bits per heavy atom. The van der Waals surface area contributed by atoms with Crippen molar-refractivity contribution in [3.8, 4) is 5.75 Å². The van der Waals surface area contributed by atoms with Crippen molar-refractivity contribution < 1.29 is 14.3 Å². The molecule has 0 aliphatic heterocycles. The minimum Gasteiger partial charge on any atom is -0.495 e. The molecule has 1 aromatic carbocycles. The van der Waals surface area contributed by atoms with Crippen LogP contribution in [0.25, 0.3) is 0 Å². The van der Waals surface area contributed by atoms with Gasteiger partial charge in [0, 0.05) is 24.3 Å². The lowest BCUT2D eigenvalue weighted by Crippen LogP contribution is -2.18. The number of aromatic nitrogens is 1. The number of benzene rings is 1. The second kappa shape index (κ2) is 7.28. The molecule has 0 aliphatic rings. The third-order valence-electron chi connectivity index (χ3n) is 3.01. The number of nitrogens with zero attached hydrogens (tertiary/aromatic N) is 1. The summed E-state index contributed by atoms with van der Waals surface area (Å²) in [6.07, 6.45) is 1.85. The van der Waals surface area contributed by atoms with Gasteiger partial charge in [-0.2, -0.15) is 0 Å². The minimum absolute atomic E-state index is 0.187. The number of halogens is 1. The Bertz CT molecular complexity index is 625. The molecule has 1 heterocycles. The number of anilines is 1. The minimum atomic E-state index is -0.187. The van der Waals surface area contributed by atoms with E-state index in [1.54, 1.807) is 32.4 Å². The molecule has 2 aromatic rings. The molecule has 0 aliphatic carbocycles. The van der Waals surface area contributed by atoms with Crippen LogP contribution in [0.15, 0.2) is 41.0 Å². The van der Waals surface area contributed by atoms with Crippen LogP contribution in [0.4, 0.5) is 5.69 Å². The van der Waals surface area contributed by atoms with Gasteiger partial charge in [0.25, 0.3) is 5.91 Å². The monoisotopic (exact) mass is 352 g/mol. The van der Waals surface area contributed by atoms with Gasteiger partial charge in [0.05, 0.1) is 19.4 Å². The smallest absolute Gasteiger partial charge is 0.272 e. The van der Waals surface area contributed by atoms with Gasteiger partial charge >= 0.3 is 0 Å². The molecule has 0 spiro atoms. The van der Waals surface area contributed by atoms with Crippen LogP contribution < -0.4 is 10.1 Å². The van der Waals surface area contributed by atoms with Crippen molar-refractivity contribution in [3.05, 3.63) is 46.7 Å². The third kappa shape index (κ3) is 3.86. The van der Waals surface area contributed by atoms with Crippen LogP contribution in [0.2, 0.25) is 0 Å². The zero-order valence-corrected chi connectivity index (χ0v) is 13.5. The van der Waals surface area contributed by atoms with Crippen molar-refractivity contribution >= 4 is 27.5 Å². The van der Waals surface area contributed by atoms with E-state index in [4.69, 9.17) is 9.47 Å². The SMILES string of the molecule is COCCn1cccc1C(=O)Nc1cc(Br)ccc1OC. The number of nitrogens with one attached hydrogen (secondary N) is 1. The Hall–Kier alpha value is -1.79. The average Bonchev–Trinajstić information content (AvgIpc) is 2.94. The summed E-state index contributed by atoms with van der Waals surface area (Å²) in [6.45, 7) is 1.18. The van der Waals surface area contributed by atoms with Crippen LogP contribution in [-0.4, -0.2) is 31.3 Å². The first-order chi connectivity index (χ1) is 10.2. The molecule has 0 saturated heterocycles. The van der Waals surface area contributed by atoms with Crippen molar-refractivity contribution in [3.63, 3.8) is 0 Å². The van der Waals surface area contributed by atoms with Gasteiger partial charge in [-0.3, -0.25) is 4.79 Å². The molecule has 0 bridgehead atoms. The van der Waals surface area contributed by atoms with E-state index < -0.39 is 0 Å². The number of amides is 1. The zero-order valence-electron chi connectivity index (χ0n) is 11.9. The fraction of sp³-hybridized carbons (Fsp3) is 0.267. The first-order valence-corrected chi connectivity index (χ1v) is 7.24. The second-order valence-electron chi connectivity index (χ2n) is 4.38. The highest BCUT2D eigenvalue weighted by molar-refractivity contribution is 9.10. The van der Waals surface area contributed by atoms with Gasteiger partial charge < -0.3 is 19.4 Å². The molecule has 5 nitrogen and oxygen atoms in total. The molecule has 21 heavy (non-hydrogen) atoms. The molecule has 1 amide bonds. The lowest BCUT2D eigenvalue weighted by Gasteiger charge is -2.12. The molecule has 1 N–H and O–H groups in total. The number of hydrogen-bond acceptors (Lipinski definition) is 3. The summed E-state index contributed by atoms with van der Waals surface area (Å²) in [4.78, 5) is 12.4. The number of carbonyl (C=O) groups is 1. The van der Waals surface area contributed by atoms with Gasteiger partial charge in [-0.15, -0.1) is 0 Å². The van der Waals surface area contributed by atoms with Crippen molar-refractivity contribution in [2.75, 3.05) is 26.1 Å². The molecular formula is C15H17BrN2O3. The van der Waals surface area contributed by atoms with Crippen LogP contribution in [-0.2, 0) is 11.3 Å². The number of carbonyl (C=O) groups excluding carboxylic acids is 1. The summed E-state index contributed by atoms with van der Waals surface area (Å²) in [5, 5.41) is 2.87. The molecule has 2 rings (SSSR count). The molecule has 0 radical (unpaired) electrons. The zero-order chi connectivity index (χ0) is 15.2. The van der Waals surface area contributed by atoms with Gasteiger partial charge in [0.2, 0.25) is 0 Å². The first-order valence-electron chi connectivity index (χ1n) is 6.44. The molecule has 0 unspecified atom stereocenters. The fourth-order valence-electron chi connectivity index (χ4n) is 1.97. The predicted molar refractivity (Wildman–Crippen MR) is 85.0 cm³/mol. The largest absolute Gasteiger partial charge is 0.495 e. The van der Waals surface area contributed by atoms with E-state index in [1.807, 2.05) is 22.9 Å². The molecule has 0 atom stereocenters. The summed E-state index contributed by atoms with van der Waals surface area (Å²) in [6, 6.07) is 9.07. The lowest BCUT2D eigenvalue weighted by molar-refractivity contribution is 0.101. The maximum Gasteiger partial charge on any atom is 0.272 e. The summed E-state index contributed by atoms with van der Waals surface area (Å²) in [5.74, 6) is 0.425. The van der Waals surface area contributed by atoms with E-state index in [1.165, 1.54) is 0 Å². The Labute approximate surface area is 132 Å². The number of hydrogen-bond donors (Lipinski definition) is 1. The summed E-state index contributed by atoms with van der Waals surface area (Å²) >= 11 is 3.38. The summed E-state index contributed by atoms with van der Waals surface area (Å²) in [7, 11) is 3.20. The van der Waals surface area contributed by atoms with Crippen LogP contribution in [0, 0.1) is 0 Å². The lowest BCUT2D eigenvalue weighted by atomic mass is 10.2. The van der Waals surface area contributed by atoms with Crippen LogP contribution in [0.3, 0.4) is 0 Å².